The minimum absolute atomic E-state index is 0.127. The Morgan fingerprint density at radius 1 is 0.477 bits per heavy atom. The van der Waals surface area contributed by atoms with Gasteiger partial charge in [0.25, 0.3) is 11.6 Å². The number of ether oxygens (including phenoxy) is 10. The van der Waals surface area contributed by atoms with E-state index in [1.54, 1.807) is 92.7 Å². The molecular weight excluding hydrogens is 1440 g/mol. The molecule has 0 unspecified atom stereocenters. The van der Waals surface area contributed by atoms with Crippen LogP contribution < -0.4 is 45.2 Å². The fourth-order valence-corrected chi connectivity index (χ4v) is 13.5. The van der Waals surface area contributed by atoms with Crippen molar-refractivity contribution in [3.05, 3.63) is 83.6 Å². The van der Waals surface area contributed by atoms with Gasteiger partial charge in [-0.25, -0.2) is 19.4 Å². The number of esters is 5. The number of aromatic amines is 1. The van der Waals surface area contributed by atoms with E-state index in [0.29, 0.717) is 30.8 Å². The Kier molecular flexibility index (Phi) is 29.5. The number of carbonyl (C=O) groups is 9. The lowest BCUT2D eigenvalue weighted by Crippen LogP contribution is -2.49. The molecule has 0 aliphatic heterocycles. The number of hydrogen-bond acceptors (Lipinski definition) is 26. The van der Waals surface area contributed by atoms with Crippen molar-refractivity contribution in [3.8, 4) is 29.8 Å². The highest BCUT2D eigenvalue weighted by molar-refractivity contribution is 5.96. The van der Waals surface area contributed by atoms with Crippen LogP contribution >= 0.6 is 0 Å². The molecule has 0 spiro atoms. The lowest BCUT2D eigenvalue weighted by molar-refractivity contribution is -0.164. The van der Waals surface area contributed by atoms with Crippen LogP contribution in [0.2, 0.25) is 0 Å². The average Bonchev–Trinajstić information content (AvgIpc) is 1.59. The molecule has 6 aliphatic carbocycles. The monoisotopic (exact) mass is 1560 g/mol. The number of methoxy groups -OCH3 is 3. The highest BCUT2D eigenvalue weighted by Crippen LogP contribution is 2.50. The van der Waals surface area contributed by atoms with Crippen LogP contribution in [0.25, 0.3) is 0 Å². The number of H-pyrrole nitrogens is 1. The third kappa shape index (κ3) is 23.5. The zero-order chi connectivity index (χ0) is 83.5. The molecule has 614 valence electrons. The molecule has 3 aromatic heterocycles. The first-order chi connectivity index (χ1) is 51.5. The van der Waals surface area contributed by atoms with Crippen LogP contribution in [-0.4, -0.2) is 181 Å². The molecule has 0 saturated heterocycles. The number of aromatic nitrogens is 6. The summed E-state index contributed by atoms with van der Waals surface area (Å²) in [4.78, 5) is 150. The number of carbonyl (C=O) groups excluding carboxylic acids is 8. The third-order valence-electron chi connectivity index (χ3n) is 19.7. The van der Waals surface area contributed by atoms with Crippen LogP contribution in [-0.2, 0) is 83.1 Å². The fraction of sp³-hybridized carbons (Fsp3) is 0.662. The van der Waals surface area contributed by atoms with Crippen molar-refractivity contribution in [2.45, 2.75) is 245 Å². The van der Waals surface area contributed by atoms with E-state index in [-0.39, 0.29) is 122 Å². The molecule has 3 aromatic rings. The fourth-order valence-electron chi connectivity index (χ4n) is 13.5. The van der Waals surface area contributed by atoms with E-state index >= 15 is 0 Å². The van der Waals surface area contributed by atoms with Gasteiger partial charge < -0.3 is 73.5 Å². The molecule has 6 fully saturated rings. The summed E-state index contributed by atoms with van der Waals surface area (Å²) in [6.45, 7) is 45.4. The molecule has 3 heterocycles. The normalized spacial score (nSPS) is 26.9. The first-order valence-electron chi connectivity index (χ1n) is 37.6. The van der Waals surface area contributed by atoms with Crippen LogP contribution in [0.3, 0.4) is 0 Å². The summed E-state index contributed by atoms with van der Waals surface area (Å²) in [6, 6.07) is 5.50. The molecule has 6 N–H and O–H groups in total. The van der Waals surface area contributed by atoms with Crippen molar-refractivity contribution in [2.24, 2.45) is 53.3 Å². The predicted octanol–water partition coefficient (Wildman–Crippen LogP) is 8.20. The number of carboxylic acids is 1. The predicted molar refractivity (Wildman–Crippen MR) is 405 cm³/mol. The Bertz CT molecular complexity index is 3960. The second-order valence-corrected chi connectivity index (χ2v) is 33.8. The molecule has 6 aliphatic rings. The summed E-state index contributed by atoms with van der Waals surface area (Å²) in [5.41, 5.74) is -3.58. The Hall–Kier alpha value is -9.55. The minimum Gasteiger partial charge on any atom is -0.481 e. The van der Waals surface area contributed by atoms with Crippen molar-refractivity contribution in [1.82, 2.24) is 45.9 Å². The lowest BCUT2D eigenvalue weighted by atomic mass is 9.92. The molecule has 0 aromatic carbocycles. The van der Waals surface area contributed by atoms with Gasteiger partial charge in [-0.05, 0) is 120 Å². The summed E-state index contributed by atoms with van der Waals surface area (Å²) in [5.74, 6) is -9.93. The highest BCUT2D eigenvalue weighted by Gasteiger charge is 2.65. The average molecular weight is 1560 g/mol. The first kappa shape index (κ1) is 90.3. The van der Waals surface area contributed by atoms with E-state index < -0.39 is 135 Å². The van der Waals surface area contributed by atoms with Crippen LogP contribution in [0, 0.1) is 53.3 Å². The van der Waals surface area contributed by atoms with Gasteiger partial charge >= 0.3 is 47.8 Å². The van der Waals surface area contributed by atoms with Gasteiger partial charge in [0.05, 0.1) is 99.8 Å². The molecule has 0 radical (unpaired) electrons. The molecule has 9 rings (SSSR count). The number of hydrogen-bond donors (Lipinski definition) is 6. The first-order valence-corrected chi connectivity index (χ1v) is 37.6. The summed E-state index contributed by atoms with van der Waals surface area (Å²) >= 11 is 0. The summed E-state index contributed by atoms with van der Waals surface area (Å²) in [7, 11) is 4.41. The van der Waals surface area contributed by atoms with Gasteiger partial charge in [0.2, 0.25) is 29.5 Å². The Morgan fingerprint density at radius 2 is 0.793 bits per heavy atom. The van der Waals surface area contributed by atoms with E-state index in [1.165, 1.54) is 27.4 Å². The maximum Gasteiger partial charge on any atom is 0.332 e. The second-order valence-electron chi connectivity index (χ2n) is 33.8. The zero-order valence-electron chi connectivity index (χ0n) is 68.3. The second kappa shape index (κ2) is 36.3. The Labute approximate surface area is 650 Å². The largest absolute Gasteiger partial charge is 0.481 e. The van der Waals surface area contributed by atoms with Gasteiger partial charge in [-0.2, -0.15) is 19.9 Å². The molecule has 31 nitrogen and oxygen atoms in total. The Morgan fingerprint density at radius 3 is 1.10 bits per heavy atom. The van der Waals surface area contributed by atoms with Gasteiger partial charge in [-0.15, -0.1) is 19.7 Å². The van der Waals surface area contributed by atoms with Crippen LogP contribution in [0.1, 0.15) is 199 Å². The third-order valence-corrected chi connectivity index (χ3v) is 19.7. The molecule has 31 heteroatoms. The van der Waals surface area contributed by atoms with Crippen molar-refractivity contribution >= 4 is 53.5 Å². The van der Waals surface area contributed by atoms with Crippen LogP contribution in [0.4, 0.5) is 0 Å². The van der Waals surface area contributed by atoms with Crippen molar-refractivity contribution in [3.63, 3.8) is 0 Å². The number of nitrogens with zero attached hydrogens (tertiary/aromatic N) is 5. The number of amides is 3. The molecule has 3 amide bonds. The molecule has 0 bridgehead atoms. The summed E-state index contributed by atoms with van der Waals surface area (Å²) < 4.78 is 54.0. The van der Waals surface area contributed by atoms with E-state index in [2.05, 4.69) is 65.6 Å². The van der Waals surface area contributed by atoms with E-state index in [0.717, 1.165) is 11.4 Å². The molecule has 111 heavy (non-hydrogen) atoms. The van der Waals surface area contributed by atoms with Crippen molar-refractivity contribution in [1.29, 1.82) is 0 Å². The molecule has 6 saturated carbocycles. The number of aliphatic hydroxyl groups excluding tert-OH is 1. The summed E-state index contributed by atoms with van der Waals surface area (Å²) in [6.07, 6.45) is 5.36. The van der Waals surface area contributed by atoms with Crippen LogP contribution in [0.15, 0.2) is 61.0 Å². The number of aliphatic hydroxyl groups is 1. The van der Waals surface area contributed by atoms with Crippen molar-refractivity contribution in [2.75, 3.05) is 41.2 Å². The van der Waals surface area contributed by atoms with Gasteiger partial charge in [0.1, 0.15) is 40.0 Å². The number of aliphatic carboxylic acids is 1. The van der Waals surface area contributed by atoms with Crippen molar-refractivity contribution < 1.29 is 101 Å². The van der Waals surface area contributed by atoms with Gasteiger partial charge in [-0.3, -0.25) is 38.5 Å². The van der Waals surface area contributed by atoms with Gasteiger partial charge in [0, 0.05) is 52.2 Å². The van der Waals surface area contributed by atoms with Gasteiger partial charge in [-0.1, -0.05) is 80.5 Å². The number of nitrogens with one attached hydrogen (secondary N) is 4. The van der Waals surface area contributed by atoms with Crippen LogP contribution in [0.5, 0.6) is 29.8 Å². The Balaban J connectivity index is 0.000000243. The SMILES string of the molecule is C=C[C@@H]1C[C@]1(NC(=O)[C@@H]1C[C@@H](Oc2cc(C(C)(C)C)nc(OC)n2)C[C@H]1C(=O)O)C(=O)OCC.C=C[C@@H]1C[C@]1(NC(=O)[C@@H]1C[C@@H](Oc2cc(C(C)(C)C)nc(OC)n2)C[C@H]1C(=O)OC(C)(C)C)C(=O)OCC.C=C[C@@H]1C[C@]1(NC(=O)[C@@H]1C[C@H](O)C[C@H]1C(=O)OC(C)(C)C)C(=O)OCC.COc1nc(C(C)(C)C)cc(=O)[nH]1. The smallest absolute Gasteiger partial charge is 0.332 e. The maximum absolute atomic E-state index is 13.6. The van der Waals surface area contributed by atoms with E-state index in [9.17, 15) is 58.2 Å². The summed E-state index contributed by atoms with van der Waals surface area (Å²) in [5, 5.41) is 28.1. The van der Waals surface area contributed by atoms with E-state index in [4.69, 9.17) is 47.4 Å². The lowest BCUT2D eigenvalue weighted by Gasteiger charge is -2.26. The maximum atomic E-state index is 13.6. The highest BCUT2D eigenvalue weighted by atomic mass is 16.6. The number of rotatable bonds is 25. The van der Waals surface area contributed by atoms with E-state index in [1.807, 2.05) is 62.3 Å². The minimum atomic E-state index is -1.18. The molecule has 15 atom stereocenters. The standard InChI is InChI=1S/C28H41N3O7.C24H33N3O7.C19H29NO6.C9H14N2O2/c1-10-16-15-28(16,24(34)36-11-2)31-22(32)18-12-17(13-19(18)23(33)38-27(6,7)8)37-21-14-20(26(3,4)5)29-25(30-21)35-9;1-7-13-12-24(13,21(31)33-8-2)27-19(28)15-9-14(10-16(15)20(29)30)34-18-11-17(23(3,4)5)25-22(26-18)32-6;1-6-11-10-19(11,17(24)25-7-2)20-15(22)13-8-12(21)9-14(13)16(23)26-18(3,4)5;1-9(2,3)6-5-7(12)11-8(10-6)13-4/h10,14,16-19H,1,11-13,15H2,2-9H3,(H,31,32);7,11,13-16H,1,8-10,12H2,2-6H3,(H,27,28)(H,29,30);6,11-14,21H,1,7-10H2,2-5H3,(H,20,22);5H,1-4H3,(H,10,11,12)/t16-,17-,18-,19-,28-;13-,14-,15-,16-,24-;11-,12+,13-,14-,19-;/m111./s1. The number of carboxylic acid groups (broad SMARTS) is 1. The zero-order valence-corrected chi connectivity index (χ0v) is 68.3. The topological polar surface area (TPSA) is 420 Å². The van der Waals surface area contributed by atoms with Gasteiger partial charge in [0.15, 0.2) is 0 Å². The molecular formula is C80H117N9O22. The quantitative estimate of drug-likeness (QED) is 0.0264.